The molecule has 5 heteroatoms. The van der Waals surface area contributed by atoms with Crippen LogP contribution in [0.1, 0.15) is 18.1 Å². The van der Waals surface area contributed by atoms with Gasteiger partial charge in [-0.15, -0.1) is 0 Å². The second-order valence-corrected chi connectivity index (χ2v) is 5.66. The lowest BCUT2D eigenvalue weighted by Gasteiger charge is -2.04. The fourth-order valence-corrected chi connectivity index (χ4v) is 2.82. The molecule has 0 aliphatic rings. The van der Waals surface area contributed by atoms with Crippen LogP contribution in [0.4, 0.5) is 5.69 Å². The van der Waals surface area contributed by atoms with Crippen molar-refractivity contribution in [1.29, 1.82) is 0 Å². The smallest absolute Gasteiger partial charge is 0.0575 e. The van der Waals surface area contributed by atoms with Crippen molar-refractivity contribution < 1.29 is 4.21 Å². The predicted octanol–water partition coefficient (Wildman–Crippen LogP) is 2.10. The topological polar surface area (TPSA) is 60.9 Å². The van der Waals surface area contributed by atoms with Crippen LogP contribution in [-0.4, -0.2) is 14.0 Å². The molecule has 1 heterocycles. The summed E-state index contributed by atoms with van der Waals surface area (Å²) < 4.78 is 14.0. The molecule has 96 valence electrons. The number of hydrogen-bond acceptors (Lipinski definition) is 3. The van der Waals surface area contributed by atoms with E-state index >= 15 is 0 Å². The first-order valence-electron chi connectivity index (χ1n) is 5.86. The van der Waals surface area contributed by atoms with Gasteiger partial charge in [-0.3, -0.25) is 8.89 Å². The van der Waals surface area contributed by atoms with E-state index < -0.39 is 10.8 Å². The molecular weight excluding hydrogens is 246 g/mol. The molecule has 0 radical (unpaired) electrons. The molecule has 0 bridgehead atoms. The molecule has 18 heavy (non-hydrogen) atoms. The second-order valence-electron chi connectivity index (χ2n) is 4.21. The van der Waals surface area contributed by atoms with Gasteiger partial charge in [0.1, 0.15) is 0 Å². The minimum absolute atomic E-state index is 0.489. The SMILES string of the molecule is CCn1cc(CS(=O)c2ccc(N)c(C)c2)cn1. The molecule has 0 spiro atoms. The summed E-state index contributed by atoms with van der Waals surface area (Å²) in [5.41, 5.74) is 8.44. The third kappa shape index (κ3) is 2.79. The summed E-state index contributed by atoms with van der Waals surface area (Å²) in [6.45, 7) is 4.77. The van der Waals surface area contributed by atoms with E-state index in [9.17, 15) is 4.21 Å². The standard InChI is InChI=1S/C13H17N3OS/c1-3-16-8-11(7-15-16)9-18(17)12-4-5-13(14)10(2)6-12/h4-8H,3,9,14H2,1-2H3. The summed E-state index contributed by atoms with van der Waals surface area (Å²) in [5.74, 6) is 0.489. The van der Waals surface area contributed by atoms with Crippen molar-refractivity contribution in [3.05, 3.63) is 41.7 Å². The lowest BCUT2D eigenvalue weighted by atomic mass is 10.2. The minimum Gasteiger partial charge on any atom is -0.399 e. The van der Waals surface area contributed by atoms with Crippen molar-refractivity contribution in [3.8, 4) is 0 Å². The first kappa shape index (κ1) is 12.8. The predicted molar refractivity (Wildman–Crippen MR) is 73.6 cm³/mol. The Bertz CT molecular complexity index is 577. The highest BCUT2D eigenvalue weighted by Gasteiger charge is 2.08. The first-order chi connectivity index (χ1) is 8.60. The van der Waals surface area contributed by atoms with Gasteiger partial charge in [0.05, 0.1) is 22.7 Å². The molecule has 1 aromatic carbocycles. The molecule has 1 unspecified atom stereocenters. The zero-order chi connectivity index (χ0) is 13.1. The van der Waals surface area contributed by atoms with E-state index in [1.807, 2.05) is 36.9 Å². The van der Waals surface area contributed by atoms with E-state index in [2.05, 4.69) is 5.10 Å². The highest BCUT2D eigenvalue weighted by molar-refractivity contribution is 7.84. The van der Waals surface area contributed by atoms with E-state index in [0.717, 1.165) is 28.3 Å². The number of nitrogen functional groups attached to an aromatic ring is 1. The largest absolute Gasteiger partial charge is 0.399 e. The van der Waals surface area contributed by atoms with E-state index in [1.165, 1.54) is 0 Å². The Morgan fingerprint density at radius 2 is 2.22 bits per heavy atom. The van der Waals surface area contributed by atoms with Crippen LogP contribution in [0.25, 0.3) is 0 Å². The van der Waals surface area contributed by atoms with Crippen molar-refractivity contribution in [1.82, 2.24) is 9.78 Å². The van der Waals surface area contributed by atoms with Crippen LogP contribution in [0.5, 0.6) is 0 Å². The Labute approximate surface area is 109 Å². The number of anilines is 1. The van der Waals surface area contributed by atoms with Crippen molar-refractivity contribution in [2.45, 2.75) is 31.0 Å². The molecule has 0 saturated heterocycles. The Morgan fingerprint density at radius 3 is 2.83 bits per heavy atom. The van der Waals surface area contributed by atoms with Gasteiger partial charge in [0.2, 0.25) is 0 Å². The summed E-state index contributed by atoms with van der Waals surface area (Å²) in [6, 6.07) is 5.51. The number of nitrogens with zero attached hydrogens (tertiary/aromatic N) is 2. The summed E-state index contributed by atoms with van der Waals surface area (Å²) in [4.78, 5) is 0.811. The molecule has 0 amide bonds. The molecular formula is C13H17N3OS. The maximum Gasteiger partial charge on any atom is 0.0575 e. The van der Waals surface area contributed by atoms with Crippen LogP contribution < -0.4 is 5.73 Å². The molecule has 1 aromatic heterocycles. The van der Waals surface area contributed by atoms with Gasteiger partial charge in [-0.25, -0.2) is 0 Å². The van der Waals surface area contributed by atoms with Gasteiger partial charge in [0, 0.05) is 28.9 Å². The monoisotopic (exact) mass is 263 g/mol. The Kier molecular flexibility index (Phi) is 3.81. The second kappa shape index (κ2) is 5.35. The van der Waals surface area contributed by atoms with Crippen LogP contribution in [0.3, 0.4) is 0 Å². The maximum absolute atomic E-state index is 12.2. The van der Waals surface area contributed by atoms with Gasteiger partial charge >= 0.3 is 0 Å². The van der Waals surface area contributed by atoms with Crippen LogP contribution in [-0.2, 0) is 23.1 Å². The van der Waals surface area contributed by atoms with E-state index in [-0.39, 0.29) is 0 Å². The minimum atomic E-state index is -1.05. The number of rotatable bonds is 4. The van der Waals surface area contributed by atoms with Gasteiger partial charge in [0.15, 0.2) is 0 Å². The number of hydrogen-bond donors (Lipinski definition) is 1. The fourth-order valence-electron chi connectivity index (χ4n) is 1.68. The summed E-state index contributed by atoms with van der Waals surface area (Å²) in [7, 11) is -1.05. The lowest BCUT2D eigenvalue weighted by molar-refractivity contribution is 0.659. The van der Waals surface area contributed by atoms with Crippen molar-refractivity contribution >= 4 is 16.5 Å². The highest BCUT2D eigenvalue weighted by atomic mass is 32.2. The molecule has 4 nitrogen and oxygen atoms in total. The van der Waals surface area contributed by atoms with Gasteiger partial charge in [-0.2, -0.15) is 5.10 Å². The molecule has 2 aromatic rings. The molecule has 0 saturated carbocycles. The van der Waals surface area contributed by atoms with Gasteiger partial charge < -0.3 is 5.73 Å². The molecule has 0 aliphatic carbocycles. The summed E-state index contributed by atoms with van der Waals surface area (Å²) >= 11 is 0. The molecule has 2 rings (SSSR count). The third-order valence-electron chi connectivity index (χ3n) is 2.81. The van der Waals surface area contributed by atoms with Gasteiger partial charge in [-0.05, 0) is 37.6 Å². The van der Waals surface area contributed by atoms with Gasteiger partial charge in [0.25, 0.3) is 0 Å². The first-order valence-corrected chi connectivity index (χ1v) is 7.18. The average molecular weight is 263 g/mol. The van der Waals surface area contributed by atoms with E-state index in [1.54, 1.807) is 12.3 Å². The van der Waals surface area contributed by atoms with E-state index in [4.69, 9.17) is 5.73 Å². The molecule has 0 aliphatic heterocycles. The normalized spacial score (nSPS) is 12.6. The third-order valence-corrected chi connectivity index (χ3v) is 4.19. The molecule has 0 fully saturated rings. The number of nitrogens with two attached hydrogens (primary N) is 1. The van der Waals surface area contributed by atoms with Crippen molar-refractivity contribution in [3.63, 3.8) is 0 Å². The fraction of sp³-hybridized carbons (Fsp3) is 0.308. The van der Waals surface area contributed by atoms with Crippen LogP contribution in [0.15, 0.2) is 35.5 Å². The number of benzene rings is 1. The molecule has 1 atom stereocenters. The van der Waals surface area contributed by atoms with Crippen LogP contribution in [0, 0.1) is 6.92 Å². The maximum atomic E-state index is 12.2. The van der Waals surface area contributed by atoms with E-state index in [0.29, 0.717) is 5.75 Å². The molecule has 2 N–H and O–H groups in total. The van der Waals surface area contributed by atoms with Crippen molar-refractivity contribution in [2.75, 3.05) is 5.73 Å². The quantitative estimate of drug-likeness (QED) is 0.859. The Balaban J connectivity index is 2.14. The van der Waals surface area contributed by atoms with Crippen LogP contribution in [0.2, 0.25) is 0 Å². The highest BCUT2D eigenvalue weighted by Crippen LogP contribution is 2.17. The zero-order valence-electron chi connectivity index (χ0n) is 10.6. The average Bonchev–Trinajstić information content (AvgIpc) is 2.80. The zero-order valence-corrected chi connectivity index (χ0v) is 11.4. The Morgan fingerprint density at radius 1 is 1.44 bits per heavy atom. The number of aryl methyl sites for hydroxylation is 2. The van der Waals surface area contributed by atoms with Gasteiger partial charge in [-0.1, -0.05) is 0 Å². The van der Waals surface area contributed by atoms with Crippen molar-refractivity contribution in [2.24, 2.45) is 0 Å². The Hall–Kier alpha value is -1.62. The summed E-state index contributed by atoms with van der Waals surface area (Å²) in [6.07, 6.45) is 3.70. The number of aromatic nitrogens is 2. The summed E-state index contributed by atoms with van der Waals surface area (Å²) in [5, 5.41) is 4.18. The van der Waals surface area contributed by atoms with Crippen LogP contribution >= 0.6 is 0 Å². The lowest BCUT2D eigenvalue weighted by Crippen LogP contribution is -1.98.